The van der Waals surface area contributed by atoms with Crippen molar-refractivity contribution in [1.29, 1.82) is 0 Å². The Hall–Kier alpha value is -1.72. The molecule has 0 unspecified atom stereocenters. The van der Waals surface area contributed by atoms with Crippen LogP contribution in [0.4, 0.5) is 5.69 Å². The first kappa shape index (κ1) is 14.7. The van der Waals surface area contributed by atoms with Crippen LogP contribution in [0.15, 0.2) is 18.2 Å². The van der Waals surface area contributed by atoms with Crippen LogP contribution in [0.25, 0.3) is 0 Å². The van der Waals surface area contributed by atoms with Crippen molar-refractivity contribution in [3.8, 4) is 0 Å². The van der Waals surface area contributed by atoms with E-state index in [1.165, 1.54) is 16.8 Å². The molecule has 2 N–H and O–H groups in total. The molecule has 7 heteroatoms. The molecule has 2 aromatic rings. The fourth-order valence-electron chi connectivity index (χ4n) is 1.79. The second-order valence-corrected chi connectivity index (χ2v) is 5.12. The zero-order valence-corrected chi connectivity index (χ0v) is 12.5. The van der Waals surface area contributed by atoms with Gasteiger partial charge in [0, 0.05) is 23.3 Å². The molecule has 1 heterocycles. The largest absolute Gasteiger partial charge is 0.457 e. The molecule has 0 amide bonds. The van der Waals surface area contributed by atoms with E-state index in [-0.39, 0.29) is 6.61 Å². The number of hydrogen-bond acceptors (Lipinski definition) is 4. The van der Waals surface area contributed by atoms with Crippen LogP contribution in [0.5, 0.6) is 0 Å². The molecular weight excluding hydrogens is 301 g/mol. The predicted molar refractivity (Wildman–Crippen MR) is 77.9 cm³/mol. The van der Waals surface area contributed by atoms with Gasteiger partial charge in [-0.1, -0.05) is 23.2 Å². The summed E-state index contributed by atoms with van der Waals surface area (Å²) in [6.07, 6.45) is 0. The molecule has 0 saturated heterocycles. The number of esters is 1. The molecule has 5 nitrogen and oxygen atoms in total. The van der Waals surface area contributed by atoms with E-state index in [1.54, 1.807) is 20.0 Å². The Kier molecular flexibility index (Phi) is 4.20. The first-order valence-corrected chi connectivity index (χ1v) is 6.55. The zero-order valence-electron chi connectivity index (χ0n) is 11.0. The Balaban J connectivity index is 2.12. The van der Waals surface area contributed by atoms with E-state index < -0.39 is 5.97 Å². The van der Waals surface area contributed by atoms with Crippen LogP contribution in [0.3, 0.4) is 0 Å². The number of nitrogens with zero attached hydrogens (tertiary/aromatic N) is 2. The van der Waals surface area contributed by atoms with Gasteiger partial charge in [-0.15, -0.1) is 0 Å². The lowest BCUT2D eigenvalue weighted by atomic mass is 10.2. The van der Waals surface area contributed by atoms with Gasteiger partial charge < -0.3 is 10.5 Å². The van der Waals surface area contributed by atoms with Crippen LogP contribution < -0.4 is 5.73 Å². The summed E-state index contributed by atoms with van der Waals surface area (Å²) in [5.74, 6) is -0.515. The first-order chi connectivity index (χ1) is 9.38. The highest BCUT2D eigenvalue weighted by Crippen LogP contribution is 2.21. The summed E-state index contributed by atoms with van der Waals surface area (Å²) in [4.78, 5) is 11.9. The number of ether oxygens (including phenoxy) is 1. The normalized spacial score (nSPS) is 10.6. The summed E-state index contributed by atoms with van der Waals surface area (Å²) >= 11 is 11.9. The number of halogens is 2. The molecule has 0 fully saturated rings. The molecule has 106 valence electrons. The number of anilines is 1. The van der Waals surface area contributed by atoms with Crippen molar-refractivity contribution in [2.45, 2.75) is 13.5 Å². The third kappa shape index (κ3) is 3.05. The molecule has 0 saturated carbocycles. The van der Waals surface area contributed by atoms with Crippen LogP contribution in [-0.2, 0) is 18.4 Å². The van der Waals surface area contributed by atoms with E-state index in [0.29, 0.717) is 27.0 Å². The minimum atomic E-state index is -0.515. The highest BCUT2D eigenvalue weighted by Gasteiger charge is 2.15. The molecule has 0 spiro atoms. The van der Waals surface area contributed by atoms with E-state index in [2.05, 4.69) is 5.10 Å². The maximum atomic E-state index is 11.9. The maximum absolute atomic E-state index is 11.9. The molecule has 20 heavy (non-hydrogen) atoms. The van der Waals surface area contributed by atoms with E-state index in [0.717, 1.165) is 5.69 Å². The van der Waals surface area contributed by atoms with Gasteiger partial charge >= 0.3 is 5.97 Å². The van der Waals surface area contributed by atoms with E-state index in [1.807, 2.05) is 0 Å². The second-order valence-electron chi connectivity index (χ2n) is 4.33. The average molecular weight is 314 g/mol. The Morgan fingerprint density at radius 2 is 2.10 bits per heavy atom. The topological polar surface area (TPSA) is 70.1 Å². The maximum Gasteiger partial charge on any atom is 0.338 e. The quantitative estimate of drug-likeness (QED) is 0.698. The summed E-state index contributed by atoms with van der Waals surface area (Å²) in [5, 5.41) is 4.97. The second kappa shape index (κ2) is 5.73. The Morgan fingerprint density at radius 3 is 2.65 bits per heavy atom. The van der Waals surface area contributed by atoms with Crippen LogP contribution in [0.1, 0.15) is 21.6 Å². The highest BCUT2D eigenvalue weighted by atomic mass is 35.5. The van der Waals surface area contributed by atoms with Crippen LogP contribution in [-0.4, -0.2) is 15.7 Å². The number of nitrogens with two attached hydrogens (primary N) is 1. The molecule has 0 aliphatic carbocycles. The highest BCUT2D eigenvalue weighted by molar-refractivity contribution is 6.31. The van der Waals surface area contributed by atoms with Crippen LogP contribution >= 0.6 is 23.2 Å². The lowest BCUT2D eigenvalue weighted by Crippen LogP contribution is -2.06. The average Bonchev–Trinajstić information content (AvgIpc) is 2.60. The molecule has 2 rings (SSSR count). The predicted octanol–water partition coefficient (Wildman–Crippen LogP) is 2.97. The standard InChI is InChI=1S/C13H13Cl2N3O2/c1-7-11(12(15)18(2)17-7)6-20-13(19)8-3-9(14)5-10(16)4-8/h3-5H,6,16H2,1-2H3. The fourth-order valence-corrected chi connectivity index (χ4v) is 2.26. The number of hydrogen-bond donors (Lipinski definition) is 1. The number of rotatable bonds is 3. The fraction of sp³-hybridized carbons (Fsp3) is 0.231. The molecular formula is C13H13Cl2N3O2. The zero-order chi connectivity index (χ0) is 14.9. The van der Waals surface area contributed by atoms with Crippen molar-refractivity contribution in [3.63, 3.8) is 0 Å². The van der Waals surface area contributed by atoms with E-state index in [9.17, 15) is 4.79 Å². The van der Waals surface area contributed by atoms with E-state index >= 15 is 0 Å². The number of nitrogen functional groups attached to an aromatic ring is 1. The van der Waals surface area contributed by atoms with Crippen molar-refractivity contribution < 1.29 is 9.53 Å². The van der Waals surface area contributed by atoms with Crippen molar-refractivity contribution in [1.82, 2.24) is 9.78 Å². The van der Waals surface area contributed by atoms with Crippen molar-refractivity contribution in [3.05, 3.63) is 45.2 Å². The third-order valence-corrected chi connectivity index (χ3v) is 3.46. The number of aromatic nitrogens is 2. The number of aryl methyl sites for hydroxylation is 2. The molecule has 1 aromatic heterocycles. The molecule has 0 aliphatic rings. The van der Waals surface area contributed by atoms with Crippen molar-refractivity contribution >= 4 is 34.9 Å². The van der Waals surface area contributed by atoms with Crippen LogP contribution in [0.2, 0.25) is 10.2 Å². The van der Waals surface area contributed by atoms with Gasteiger partial charge in [0.05, 0.1) is 11.3 Å². The lowest BCUT2D eigenvalue weighted by Gasteiger charge is -2.06. The smallest absolute Gasteiger partial charge is 0.338 e. The number of carbonyl (C=O) groups is 1. The number of benzene rings is 1. The molecule has 0 aliphatic heterocycles. The monoisotopic (exact) mass is 313 g/mol. The minimum Gasteiger partial charge on any atom is -0.457 e. The molecule has 0 radical (unpaired) electrons. The summed E-state index contributed by atoms with van der Waals surface area (Å²) in [6, 6.07) is 4.56. The summed E-state index contributed by atoms with van der Waals surface area (Å²) in [5.41, 5.74) is 7.73. The first-order valence-electron chi connectivity index (χ1n) is 5.79. The van der Waals surface area contributed by atoms with Gasteiger partial charge in [-0.25, -0.2) is 4.79 Å². The SMILES string of the molecule is Cc1nn(C)c(Cl)c1COC(=O)c1cc(N)cc(Cl)c1. The number of carbonyl (C=O) groups excluding carboxylic acids is 1. The van der Waals surface area contributed by atoms with Gasteiger partial charge in [-0.3, -0.25) is 4.68 Å². The Bertz CT molecular complexity index is 648. The van der Waals surface area contributed by atoms with E-state index in [4.69, 9.17) is 33.7 Å². The van der Waals surface area contributed by atoms with Crippen molar-refractivity contribution in [2.75, 3.05) is 5.73 Å². The Labute approximate surface area is 126 Å². The van der Waals surface area contributed by atoms with Crippen LogP contribution in [0, 0.1) is 6.92 Å². The molecule has 0 bridgehead atoms. The summed E-state index contributed by atoms with van der Waals surface area (Å²) in [7, 11) is 1.72. The molecule has 0 atom stereocenters. The van der Waals surface area contributed by atoms with Gasteiger partial charge in [-0.05, 0) is 25.1 Å². The summed E-state index contributed by atoms with van der Waals surface area (Å²) < 4.78 is 6.73. The lowest BCUT2D eigenvalue weighted by molar-refractivity contribution is 0.0472. The summed E-state index contributed by atoms with van der Waals surface area (Å²) in [6.45, 7) is 1.84. The van der Waals surface area contributed by atoms with Crippen molar-refractivity contribution in [2.24, 2.45) is 7.05 Å². The van der Waals surface area contributed by atoms with Gasteiger partial charge in [-0.2, -0.15) is 5.10 Å². The third-order valence-electron chi connectivity index (χ3n) is 2.77. The Morgan fingerprint density at radius 1 is 1.40 bits per heavy atom. The van der Waals surface area contributed by atoms with Gasteiger partial charge in [0.15, 0.2) is 0 Å². The van der Waals surface area contributed by atoms with Gasteiger partial charge in [0.1, 0.15) is 11.8 Å². The van der Waals surface area contributed by atoms with Gasteiger partial charge in [0.2, 0.25) is 0 Å². The van der Waals surface area contributed by atoms with Gasteiger partial charge in [0.25, 0.3) is 0 Å². The molecule has 1 aromatic carbocycles. The minimum absolute atomic E-state index is 0.0454.